The van der Waals surface area contributed by atoms with Crippen LogP contribution in [0.15, 0.2) is 6.20 Å². The second-order valence-electron chi connectivity index (χ2n) is 6.97. The molecule has 2 N–H and O–H groups in total. The first-order chi connectivity index (χ1) is 11.7. The van der Waals surface area contributed by atoms with Crippen molar-refractivity contribution < 1.29 is 18.0 Å². The minimum atomic E-state index is -4.54. The van der Waals surface area contributed by atoms with Crippen LogP contribution in [0, 0.1) is 11.8 Å². The molecule has 3 unspecified atom stereocenters. The largest absolute Gasteiger partial charge is 0.419 e. The molecule has 1 aliphatic carbocycles. The zero-order valence-electron chi connectivity index (χ0n) is 13.9. The molecule has 2 fully saturated rings. The van der Waals surface area contributed by atoms with Gasteiger partial charge in [-0.1, -0.05) is 6.42 Å². The minimum Gasteiger partial charge on any atom is -0.354 e. The zero-order chi connectivity index (χ0) is 18.4. The molecule has 0 aromatic carbocycles. The summed E-state index contributed by atoms with van der Waals surface area (Å²) in [6, 6.07) is -0.707. The fourth-order valence-electron chi connectivity index (χ4n) is 3.74. The van der Waals surface area contributed by atoms with Gasteiger partial charge >= 0.3 is 6.18 Å². The van der Waals surface area contributed by atoms with Crippen molar-refractivity contribution in [3.8, 4) is 0 Å². The van der Waals surface area contributed by atoms with Gasteiger partial charge in [-0.15, -0.1) is 0 Å². The Morgan fingerprint density at radius 3 is 2.76 bits per heavy atom. The molecule has 0 spiro atoms. The van der Waals surface area contributed by atoms with Gasteiger partial charge in [0.1, 0.15) is 0 Å². The van der Waals surface area contributed by atoms with Crippen molar-refractivity contribution in [2.75, 3.05) is 0 Å². The smallest absolute Gasteiger partial charge is 0.354 e. The topological polar surface area (TPSA) is 76.8 Å². The Balaban J connectivity index is 1.78. The summed E-state index contributed by atoms with van der Waals surface area (Å²) in [7, 11) is 0. The summed E-state index contributed by atoms with van der Waals surface area (Å²) < 4.78 is 39.6. The predicted octanol–water partition coefficient (Wildman–Crippen LogP) is 3.10. The fourth-order valence-corrected chi connectivity index (χ4v) is 3.88. The molecular formula is C16H20ClF3N4O. The molecule has 1 aliphatic heterocycles. The van der Waals surface area contributed by atoms with Crippen molar-refractivity contribution >= 4 is 17.5 Å². The van der Waals surface area contributed by atoms with Crippen LogP contribution in [0.3, 0.4) is 0 Å². The third kappa shape index (κ3) is 3.89. The highest BCUT2D eigenvalue weighted by molar-refractivity contribution is 6.28. The molecule has 4 atom stereocenters. The molecule has 25 heavy (non-hydrogen) atoms. The number of rotatable bonds is 4. The van der Waals surface area contributed by atoms with Gasteiger partial charge in [0.05, 0.1) is 17.3 Å². The Morgan fingerprint density at radius 1 is 1.40 bits per heavy atom. The molecule has 138 valence electrons. The van der Waals surface area contributed by atoms with Crippen LogP contribution in [0.2, 0.25) is 5.28 Å². The molecule has 5 nitrogen and oxygen atoms in total. The maximum atomic E-state index is 13.2. The lowest BCUT2D eigenvalue weighted by molar-refractivity contribution is -0.138. The lowest BCUT2D eigenvalue weighted by Crippen LogP contribution is -2.38. The molecule has 1 amide bonds. The van der Waals surface area contributed by atoms with Gasteiger partial charge in [0.25, 0.3) is 0 Å². The predicted molar refractivity (Wildman–Crippen MR) is 85.8 cm³/mol. The van der Waals surface area contributed by atoms with Gasteiger partial charge in [0, 0.05) is 24.2 Å². The van der Waals surface area contributed by atoms with E-state index in [4.69, 9.17) is 11.6 Å². The summed E-state index contributed by atoms with van der Waals surface area (Å²) >= 11 is 5.70. The molecular weight excluding hydrogens is 357 g/mol. The summed E-state index contributed by atoms with van der Waals surface area (Å²) in [6.45, 7) is 3.77. The number of hydrogen-bond acceptors (Lipinski definition) is 4. The van der Waals surface area contributed by atoms with Crippen molar-refractivity contribution in [1.29, 1.82) is 0 Å². The van der Waals surface area contributed by atoms with E-state index in [0.29, 0.717) is 0 Å². The van der Waals surface area contributed by atoms with E-state index in [-0.39, 0.29) is 40.8 Å². The number of carbonyl (C=O) groups excluding carboxylic acids is 1. The SMILES string of the molecule is CC(C)NC(=O)[C@H]1CCCC1C1NC1c1nc(Cl)ncc1C(F)(F)F. The molecule has 2 heterocycles. The number of carbonyl (C=O) groups is 1. The second-order valence-corrected chi connectivity index (χ2v) is 7.31. The molecule has 1 aromatic heterocycles. The standard InChI is InChI=1S/C16H20ClF3N4O/c1-7(2)22-14(25)9-5-3-4-8(9)11-13(23-11)12-10(16(18,19)20)6-21-15(17)24-12/h6-9,11,13,23H,3-5H2,1-2H3,(H,22,25)/t8?,9-,11?,13?/m0/s1. The highest BCUT2D eigenvalue weighted by Gasteiger charge is 2.52. The highest BCUT2D eigenvalue weighted by Crippen LogP contribution is 2.47. The molecule has 2 aliphatic rings. The van der Waals surface area contributed by atoms with E-state index in [9.17, 15) is 18.0 Å². The van der Waals surface area contributed by atoms with Crippen molar-refractivity contribution in [2.45, 2.75) is 57.4 Å². The third-order valence-corrected chi connectivity index (χ3v) is 4.99. The number of nitrogens with one attached hydrogen (secondary N) is 2. The van der Waals surface area contributed by atoms with E-state index in [1.54, 1.807) is 0 Å². The Labute approximate surface area is 148 Å². The molecule has 1 saturated heterocycles. The summed E-state index contributed by atoms with van der Waals surface area (Å²) in [5, 5.41) is 5.77. The average Bonchev–Trinajstić information content (AvgIpc) is 3.13. The van der Waals surface area contributed by atoms with Crippen LogP contribution >= 0.6 is 11.6 Å². The first-order valence-electron chi connectivity index (χ1n) is 8.34. The van der Waals surface area contributed by atoms with E-state index < -0.39 is 17.8 Å². The van der Waals surface area contributed by atoms with Crippen molar-refractivity contribution in [2.24, 2.45) is 11.8 Å². The van der Waals surface area contributed by atoms with Crippen LogP contribution in [0.25, 0.3) is 0 Å². The lowest BCUT2D eigenvalue weighted by Gasteiger charge is -2.20. The first kappa shape index (κ1) is 18.4. The number of nitrogens with zero attached hydrogens (tertiary/aromatic N) is 2. The van der Waals surface area contributed by atoms with E-state index in [2.05, 4.69) is 20.6 Å². The van der Waals surface area contributed by atoms with Crippen molar-refractivity contribution in [3.05, 3.63) is 22.7 Å². The maximum absolute atomic E-state index is 13.2. The Kier molecular flexibility index (Phi) is 4.94. The molecule has 1 aromatic rings. The molecule has 1 saturated carbocycles. The van der Waals surface area contributed by atoms with Crippen LogP contribution in [-0.2, 0) is 11.0 Å². The van der Waals surface area contributed by atoms with Gasteiger partial charge in [-0.05, 0) is 44.2 Å². The van der Waals surface area contributed by atoms with Gasteiger partial charge in [0.15, 0.2) is 0 Å². The summed E-state index contributed by atoms with van der Waals surface area (Å²) in [6.07, 6.45) is -1.37. The normalized spacial score (nSPS) is 29.1. The van der Waals surface area contributed by atoms with Gasteiger partial charge < -0.3 is 10.6 Å². The molecule has 9 heteroatoms. The Bertz CT molecular complexity index is 667. The molecule has 0 bridgehead atoms. The molecule has 0 radical (unpaired) electrons. The van der Waals surface area contributed by atoms with Crippen LogP contribution in [0.4, 0.5) is 13.2 Å². The second kappa shape index (κ2) is 6.72. The first-order valence-corrected chi connectivity index (χ1v) is 8.72. The van der Waals surface area contributed by atoms with Crippen LogP contribution in [0.1, 0.15) is 50.4 Å². The van der Waals surface area contributed by atoms with E-state index in [0.717, 1.165) is 25.5 Å². The number of aromatic nitrogens is 2. The quantitative estimate of drug-likeness (QED) is 0.625. The Hall–Kier alpha value is -1.41. The van der Waals surface area contributed by atoms with E-state index in [1.165, 1.54) is 0 Å². The van der Waals surface area contributed by atoms with Crippen LogP contribution < -0.4 is 10.6 Å². The third-order valence-electron chi connectivity index (χ3n) is 4.81. The van der Waals surface area contributed by atoms with Crippen LogP contribution in [-0.4, -0.2) is 28.0 Å². The van der Waals surface area contributed by atoms with Gasteiger partial charge in [-0.3, -0.25) is 4.79 Å². The minimum absolute atomic E-state index is 0.00132. The van der Waals surface area contributed by atoms with Crippen molar-refractivity contribution in [3.63, 3.8) is 0 Å². The van der Waals surface area contributed by atoms with E-state index in [1.807, 2.05) is 13.8 Å². The van der Waals surface area contributed by atoms with Crippen molar-refractivity contribution in [1.82, 2.24) is 20.6 Å². The summed E-state index contributed by atoms with van der Waals surface area (Å²) in [5.41, 5.74) is -1.01. The van der Waals surface area contributed by atoms with Gasteiger partial charge in [0.2, 0.25) is 11.2 Å². The average molecular weight is 377 g/mol. The fraction of sp³-hybridized carbons (Fsp3) is 0.688. The summed E-state index contributed by atoms with van der Waals surface area (Å²) in [4.78, 5) is 19.6. The number of hydrogen-bond donors (Lipinski definition) is 2. The number of amides is 1. The highest BCUT2D eigenvalue weighted by atomic mass is 35.5. The molecule has 3 rings (SSSR count). The van der Waals surface area contributed by atoms with Crippen LogP contribution in [0.5, 0.6) is 0 Å². The maximum Gasteiger partial charge on any atom is 0.419 e. The van der Waals surface area contributed by atoms with E-state index >= 15 is 0 Å². The Morgan fingerprint density at radius 2 is 2.12 bits per heavy atom. The number of halogens is 4. The zero-order valence-corrected chi connectivity index (χ0v) is 14.7. The number of alkyl halides is 3. The lowest BCUT2D eigenvalue weighted by atomic mass is 9.89. The van der Waals surface area contributed by atoms with Gasteiger partial charge in [-0.2, -0.15) is 13.2 Å². The van der Waals surface area contributed by atoms with Gasteiger partial charge in [-0.25, -0.2) is 9.97 Å². The summed E-state index contributed by atoms with van der Waals surface area (Å²) in [5.74, 6) is -0.211. The monoisotopic (exact) mass is 376 g/mol.